The van der Waals surface area contributed by atoms with Gasteiger partial charge in [0.05, 0.1) is 10.9 Å². The molecule has 3 aromatic carbocycles. The summed E-state index contributed by atoms with van der Waals surface area (Å²) in [6, 6.07) is 21.6. The molecule has 0 radical (unpaired) electrons. The maximum atomic E-state index is 12.8. The molecule has 29 heavy (non-hydrogen) atoms. The van der Waals surface area contributed by atoms with Crippen molar-refractivity contribution in [3.8, 4) is 0 Å². The Bertz CT molecular complexity index is 1070. The molecule has 0 saturated carbocycles. The first-order valence-electron chi connectivity index (χ1n) is 9.03. The molecular formula is C22H21ClN2O3S. The number of nitrogens with one attached hydrogen (secondary N) is 2. The van der Waals surface area contributed by atoms with Gasteiger partial charge < -0.3 is 5.32 Å². The van der Waals surface area contributed by atoms with Gasteiger partial charge in [-0.05, 0) is 48.9 Å². The number of halogens is 1. The summed E-state index contributed by atoms with van der Waals surface area (Å²) in [5, 5.41) is 3.34. The highest BCUT2D eigenvalue weighted by Crippen LogP contribution is 2.22. The summed E-state index contributed by atoms with van der Waals surface area (Å²) in [4.78, 5) is 12.7. The summed E-state index contributed by atoms with van der Waals surface area (Å²) < 4.78 is 28.4. The second-order valence-electron chi connectivity index (χ2n) is 6.66. The van der Waals surface area contributed by atoms with Crippen LogP contribution in [0, 0.1) is 6.92 Å². The molecule has 150 valence electrons. The lowest BCUT2D eigenvalue weighted by Gasteiger charge is -2.19. The van der Waals surface area contributed by atoms with Crippen LogP contribution in [-0.4, -0.2) is 14.3 Å². The number of amides is 1. The van der Waals surface area contributed by atoms with E-state index in [0.717, 1.165) is 5.56 Å². The molecule has 7 heteroatoms. The Balaban J connectivity index is 1.80. The molecule has 1 atom stereocenters. The normalized spacial score (nSPS) is 12.3. The van der Waals surface area contributed by atoms with E-state index in [-0.39, 0.29) is 17.2 Å². The van der Waals surface area contributed by atoms with Gasteiger partial charge >= 0.3 is 0 Å². The van der Waals surface area contributed by atoms with E-state index < -0.39 is 16.1 Å². The lowest BCUT2D eigenvalue weighted by molar-refractivity contribution is -0.116. The van der Waals surface area contributed by atoms with Crippen molar-refractivity contribution in [2.24, 2.45) is 0 Å². The van der Waals surface area contributed by atoms with Crippen LogP contribution >= 0.6 is 11.6 Å². The lowest BCUT2D eigenvalue weighted by atomic mass is 10.0. The van der Waals surface area contributed by atoms with Gasteiger partial charge in [-0.3, -0.25) is 4.79 Å². The van der Waals surface area contributed by atoms with Gasteiger partial charge in [-0.25, -0.2) is 13.1 Å². The zero-order chi connectivity index (χ0) is 20.9. The van der Waals surface area contributed by atoms with Crippen molar-refractivity contribution in [1.29, 1.82) is 0 Å². The largest absolute Gasteiger partial charge is 0.326 e. The Kier molecular flexibility index (Phi) is 6.69. The van der Waals surface area contributed by atoms with Crippen LogP contribution in [0.5, 0.6) is 0 Å². The zero-order valence-electron chi connectivity index (χ0n) is 15.8. The molecule has 0 unspecified atom stereocenters. The van der Waals surface area contributed by atoms with E-state index in [4.69, 9.17) is 11.6 Å². The van der Waals surface area contributed by atoms with Gasteiger partial charge in [0.15, 0.2) is 0 Å². The van der Waals surface area contributed by atoms with E-state index in [9.17, 15) is 13.2 Å². The van der Waals surface area contributed by atoms with Crippen molar-refractivity contribution in [2.75, 3.05) is 5.32 Å². The molecule has 0 fully saturated rings. The van der Waals surface area contributed by atoms with Crippen LogP contribution in [-0.2, 0) is 14.8 Å². The zero-order valence-corrected chi connectivity index (χ0v) is 17.4. The molecule has 3 aromatic rings. The van der Waals surface area contributed by atoms with Crippen molar-refractivity contribution in [3.63, 3.8) is 0 Å². The number of rotatable bonds is 7. The third kappa shape index (κ3) is 5.90. The van der Waals surface area contributed by atoms with Crippen LogP contribution in [0.3, 0.4) is 0 Å². The SMILES string of the molecule is Cc1ccc(S(=O)(=O)N[C@H](CC(=O)Nc2ccc(Cl)cc2)c2ccccc2)cc1. The van der Waals surface area contributed by atoms with Gasteiger partial charge in [-0.2, -0.15) is 0 Å². The quantitative estimate of drug-likeness (QED) is 0.572. The van der Waals surface area contributed by atoms with Gasteiger partial charge in [0, 0.05) is 17.1 Å². The minimum atomic E-state index is -3.80. The Morgan fingerprint density at radius 1 is 0.931 bits per heavy atom. The first-order valence-corrected chi connectivity index (χ1v) is 10.9. The van der Waals surface area contributed by atoms with E-state index in [1.165, 1.54) is 0 Å². The van der Waals surface area contributed by atoms with Crippen LogP contribution in [0.15, 0.2) is 83.8 Å². The standard InChI is InChI=1S/C22H21ClN2O3S/c1-16-7-13-20(14-8-16)29(27,28)25-21(17-5-3-2-4-6-17)15-22(26)24-19-11-9-18(23)10-12-19/h2-14,21,25H,15H2,1H3,(H,24,26)/t21-/m1/s1. The summed E-state index contributed by atoms with van der Waals surface area (Å²) in [5.41, 5.74) is 2.26. The van der Waals surface area contributed by atoms with Gasteiger partial charge in [-0.1, -0.05) is 59.6 Å². The number of hydrogen-bond donors (Lipinski definition) is 2. The summed E-state index contributed by atoms with van der Waals surface area (Å²) in [6.45, 7) is 1.89. The summed E-state index contributed by atoms with van der Waals surface area (Å²) >= 11 is 5.86. The van der Waals surface area contributed by atoms with E-state index in [2.05, 4.69) is 10.0 Å². The van der Waals surface area contributed by atoms with E-state index >= 15 is 0 Å². The van der Waals surface area contributed by atoms with Gasteiger partial charge in [0.2, 0.25) is 15.9 Å². The molecule has 0 aliphatic rings. The predicted octanol–water partition coefficient (Wildman–Crippen LogP) is 4.70. The molecule has 0 aliphatic carbocycles. The molecule has 3 rings (SSSR count). The first-order chi connectivity index (χ1) is 13.8. The number of carbonyl (C=O) groups is 1. The van der Waals surface area contributed by atoms with Crippen LogP contribution in [0.1, 0.15) is 23.6 Å². The summed E-state index contributed by atoms with van der Waals surface area (Å²) in [7, 11) is -3.80. The van der Waals surface area contributed by atoms with Gasteiger partial charge in [0.25, 0.3) is 0 Å². The van der Waals surface area contributed by atoms with E-state index in [1.807, 2.05) is 13.0 Å². The second kappa shape index (κ2) is 9.22. The van der Waals surface area contributed by atoms with Crippen LogP contribution in [0.4, 0.5) is 5.69 Å². The smallest absolute Gasteiger partial charge is 0.241 e. The molecule has 0 saturated heterocycles. The number of sulfonamides is 1. The van der Waals surface area contributed by atoms with Gasteiger partial charge in [-0.15, -0.1) is 0 Å². The predicted molar refractivity (Wildman–Crippen MR) is 115 cm³/mol. The number of hydrogen-bond acceptors (Lipinski definition) is 3. The Hall–Kier alpha value is -2.67. The molecule has 0 bridgehead atoms. The highest BCUT2D eigenvalue weighted by molar-refractivity contribution is 7.89. The summed E-state index contributed by atoms with van der Waals surface area (Å²) in [6.07, 6.45) is -0.0578. The fraction of sp³-hybridized carbons (Fsp3) is 0.136. The molecule has 0 heterocycles. The second-order valence-corrected chi connectivity index (χ2v) is 8.81. The molecular weight excluding hydrogens is 408 g/mol. The highest BCUT2D eigenvalue weighted by Gasteiger charge is 2.23. The van der Waals surface area contributed by atoms with Crippen molar-refractivity contribution >= 4 is 33.2 Å². The fourth-order valence-electron chi connectivity index (χ4n) is 2.82. The lowest BCUT2D eigenvalue weighted by Crippen LogP contribution is -2.31. The Morgan fingerprint density at radius 3 is 2.17 bits per heavy atom. The minimum Gasteiger partial charge on any atom is -0.326 e. The topological polar surface area (TPSA) is 75.3 Å². The third-order valence-electron chi connectivity index (χ3n) is 4.35. The van der Waals surface area contributed by atoms with E-state index in [0.29, 0.717) is 16.3 Å². The molecule has 0 spiro atoms. The number of aryl methyl sites for hydroxylation is 1. The monoisotopic (exact) mass is 428 g/mol. The highest BCUT2D eigenvalue weighted by atomic mass is 35.5. The maximum Gasteiger partial charge on any atom is 0.241 e. The number of benzene rings is 3. The van der Waals surface area contributed by atoms with Crippen molar-refractivity contribution in [3.05, 3.63) is 95.0 Å². The Labute approximate surface area is 175 Å². The van der Waals surface area contributed by atoms with Crippen LogP contribution in [0.25, 0.3) is 0 Å². The van der Waals surface area contributed by atoms with Crippen LogP contribution in [0.2, 0.25) is 5.02 Å². The molecule has 2 N–H and O–H groups in total. The molecule has 5 nitrogen and oxygen atoms in total. The van der Waals surface area contributed by atoms with Gasteiger partial charge in [0.1, 0.15) is 0 Å². The maximum absolute atomic E-state index is 12.8. The molecule has 0 aromatic heterocycles. The fourth-order valence-corrected chi connectivity index (χ4v) is 4.17. The average Bonchev–Trinajstić information content (AvgIpc) is 2.70. The average molecular weight is 429 g/mol. The molecule has 0 aliphatic heterocycles. The Morgan fingerprint density at radius 2 is 1.55 bits per heavy atom. The number of carbonyl (C=O) groups excluding carboxylic acids is 1. The summed E-state index contributed by atoms with van der Waals surface area (Å²) in [5.74, 6) is -0.312. The molecule has 1 amide bonds. The first kappa shape index (κ1) is 21.0. The number of anilines is 1. The van der Waals surface area contributed by atoms with Crippen molar-refractivity contribution in [1.82, 2.24) is 4.72 Å². The van der Waals surface area contributed by atoms with Crippen molar-refractivity contribution in [2.45, 2.75) is 24.3 Å². The van der Waals surface area contributed by atoms with Crippen molar-refractivity contribution < 1.29 is 13.2 Å². The third-order valence-corrected chi connectivity index (χ3v) is 6.09. The van der Waals surface area contributed by atoms with Crippen LogP contribution < -0.4 is 10.0 Å². The minimum absolute atomic E-state index is 0.0578. The van der Waals surface area contributed by atoms with E-state index in [1.54, 1.807) is 72.8 Å².